The summed E-state index contributed by atoms with van der Waals surface area (Å²) in [5.41, 5.74) is 4.75. The SMILES string of the molecule is N.NC(=O)C(=O)c1cccs1.O=C(O)C(=O)c1cccs1. The van der Waals surface area contributed by atoms with Gasteiger partial charge in [-0.1, -0.05) is 12.1 Å². The summed E-state index contributed by atoms with van der Waals surface area (Å²) in [6.45, 7) is 0. The molecule has 2 aromatic rings. The molecule has 0 unspecified atom stereocenters. The molecular formula is C12H12N2O5S2. The van der Waals surface area contributed by atoms with Crippen molar-refractivity contribution in [2.45, 2.75) is 0 Å². The number of carboxylic acid groups (broad SMARTS) is 1. The minimum atomic E-state index is -1.40. The van der Waals surface area contributed by atoms with Crippen LogP contribution < -0.4 is 11.9 Å². The first-order valence-electron chi connectivity index (χ1n) is 5.12. The van der Waals surface area contributed by atoms with E-state index in [-0.39, 0.29) is 11.0 Å². The van der Waals surface area contributed by atoms with E-state index < -0.39 is 23.4 Å². The Bertz CT molecular complexity index is 564. The molecule has 2 heterocycles. The Morgan fingerprint density at radius 2 is 1.33 bits per heavy atom. The highest BCUT2D eigenvalue weighted by Gasteiger charge is 2.14. The van der Waals surface area contributed by atoms with Crippen LogP contribution >= 0.6 is 22.7 Å². The van der Waals surface area contributed by atoms with Crippen LogP contribution in [0.2, 0.25) is 0 Å². The van der Waals surface area contributed by atoms with Gasteiger partial charge in [0, 0.05) is 0 Å². The summed E-state index contributed by atoms with van der Waals surface area (Å²) in [6, 6.07) is 6.39. The molecule has 21 heavy (non-hydrogen) atoms. The van der Waals surface area contributed by atoms with E-state index in [1.807, 2.05) is 0 Å². The summed E-state index contributed by atoms with van der Waals surface area (Å²) in [6.07, 6.45) is 0. The first-order valence-corrected chi connectivity index (χ1v) is 6.88. The summed E-state index contributed by atoms with van der Waals surface area (Å²) in [5, 5.41) is 11.6. The number of carbonyl (C=O) groups is 4. The maximum absolute atomic E-state index is 10.7. The number of nitrogens with two attached hydrogens (primary N) is 1. The highest BCUT2D eigenvalue weighted by molar-refractivity contribution is 7.13. The lowest BCUT2D eigenvalue weighted by atomic mass is 10.3. The van der Waals surface area contributed by atoms with Gasteiger partial charge in [-0.05, 0) is 22.9 Å². The Labute approximate surface area is 127 Å². The van der Waals surface area contributed by atoms with Crippen LogP contribution in [0, 0.1) is 0 Å². The van der Waals surface area contributed by atoms with Gasteiger partial charge in [0.25, 0.3) is 17.5 Å². The van der Waals surface area contributed by atoms with Crippen LogP contribution in [0.3, 0.4) is 0 Å². The summed E-state index contributed by atoms with van der Waals surface area (Å²) in [5.74, 6) is -3.75. The third-order valence-corrected chi connectivity index (χ3v) is 3.65. The van der Waals surface area contributed by atoms with Gasteiger partial charge in [-0.3, -0.25) is 14.4 Å². The zero-order valence-corrected chi connectivity index (χ0v) is 12.3. The second-order valence-electron chi connectivity index (χ2n) is 3.28. The van der Waals surface area contributed by atoms with E-state index in [9.17, 15) is 19.2 Å². The molecule has 0 saturated heterocycles. The third kappa shape index (κ3) is 5.65. The fourth-order valence-electron chi connectivity index (χ4n) is 1.04. The zero-order valence-electron chi connectivity index (χ0n) is 10.6. The van der Waals surface area contributed by atoms with Crippen LogP contribution in [-0.4, -0.2) is 28.5 Å². The summed E-state index contributed by atoms with van der Waals surface area (Å²) >= 11 is 2.34. The predicted octanol–water partition coefficient (Wildman–Crippen LogP) is 1.59. The van der Waals surface area contributed by atoms with Gasteiger partial charge < -0.3 is 17.0 Å². The molecule has 2 rings (SSSR count). The number of Topliss-reactive ketones (excluding diaryl/α,β-unsaturated/α-hetero) is 2. The second-order valence-corrected chi connectivity index (χ2v) is 5.18. The normalized spacial score (nSPS) is 8.76. The maximum Gasteiger partial charge on any atom is 0.378 e. The van der Waals surface area contributed by atoms with Gasteiger partial charge >= 0.3 is 5.97 Å². The van der Waals surface area contributed by atoms with E-state index in [0.29, 0.717) is 4.88 Å². The van der Waals surface area contributed by atoms with Crippen molar-refractivity contribution in [3.8, 4) is 0 Å². The lowest BCUT2D eigenvalue weighted by Crippen LogP contribution is -2.21. The molecule has 6 N–H and O–H groups in total. The number of primary amides is 1. The minimum Gasteiger partial charge on any atom is -0.475 e. The van der Waals surface area contributed by atoms with Crippen LogP contribution in [0.25, 0.3) is 0 Å². The molecule has 112 valence electrons. The number of amides is 1. The Morgan fingerprint density at radius 1 is 0.905 bits per heavy atom. The van der Waals surface area contributed by atoms with E-state index >= 15 is 0 Å². The number of rotatable bonds is 4. The predicted molar refractivity (Wildman–Crippen MR) is 79.2 cm³/mol. The molecule has 0 saturated carbocycles. The fourth-order valence-corrected chi connectivity index (χ4v) is 2.37. The number of carbonyl (C=O) groups excluding carboxylic acids is 3. The van der Waals surface area contributed by atoms with Crippen molar-refractivity contribution >= 4 is 46.1 Å². The second kappa shape index (κ2) is 8.74. The Morgan fingerprint density at radius 3 is 1.62 bits per heavy atom. The summed E-state index contributed by atoms with van der Waals surface area (Å²) < 4.78 is 0. The van der Waals surface area contributed by atoms with Crippen molar-refractivity contribution in [3.63, 3.8) is 0 Å². The average Bonchev–Trinajstić information content (AvgIpc) is 3.10. The van der Waals surface area contributed by atoms with Crippen molar-refractivity contribution in [1.29, 1.82) is 0 Å². The molecule has 0 radical (unpaired) electrons. The van der Waals surface area contributed by atoms with Gasteiger partial charge in [-0.15, -0.1) is 22.7 Å². The van der Waals surface area contributed by atoms with Gasteiger partial charge in [0.15, 0.2) is 0 Å². The maximum atomic E-state index is 10.7. The number of carboxylic acids is 1. The molecule has 7 nitrogen and oxygen atoms in total. The Hall–Kier alpha value is -2.36. The van der Waals surface area contributed by atoms with E-state index in [4.69, 9.17) is 10.8 Å². The highest BCUT2D eigenvalue weighted by atomic mass is 32.1. The van der Waals surface area contributed by atoms with Gasteiger partial charge in [0.05, 0.1) is 9.75 Å². The smallest absolute Gasteiger partial charge is 0.378 e. The van der Waals surface area contributed by atoms with Crippen LogP contribution in [-0.2, 0) is 9.59 Å². The molecule has 1 amide bonds. The first-order chi connectivity index (χ1) is 9.43. The highest BCUT2D eigenvalue weighted by Crippen LogP contribution is 2.09. The van der Waals surface area contributed by atoms with Crippen LogP contribution in [0.15, 0.2) is 35.0 Å². The molecule has 0 spiro atoms. The lowest BCUT2D eigenvalue weighted by Gasteiger charge is -1.86. The molecular weight excluding hydrogens is 316 g/mol. The van der Waals surface area contributed by atoms with E-state index in [2.05, 4.69) is 0 Å². The number of ketones is 2. The minimum absolute atomic E-state index is 0. The van der Waals surface area contributed by atoms with Crippen molar-refractivity contribution < 1.29 is 24.3 Å². The number of hydrogen-bond donors (Lipinski definition) is 3. The molecule has 0 aliphatic carbocycles. The Balaban J connectivity index is 0.000000364. The lowest BCUT2D eigenvalue weighted by molar-refractivity contribution is -0.131. The van der Waals surface area contributed by atoms with Crippen LogP contribution in [0.4, 0.5) is 0 Å². The molecule has 2 aromatic heterocycles. The van der Waals surface area contributed by atoms with Crippen LogP contribution in [0.1, 0.15) is 19.3 Å². The van der Waals surface area contributed by atoms with E-state index in [1.54, 1.807) is 29.0 Å². The van der Waals surface area contributed by atoms with Gasteiger partial charge in [0.2, 0.25) is 0 Å². The van der Waals surface area contributed by atoms with Gasteiger partial charge in [-0.2, -0.15) is 0 Å². The zero-order chi connectivity index (χ0) is 15.1. The topological polar surface area (TPSA) is 150 Å². The molecule has 9 heteroatoms. The average molecular weight is 328 g/mol. The molecule has 0 aliphatic rings. The first kappa shape index (κ1) is 18.6. The fraction of sp³-hybridized carbons (Fsp3) is 0. The standard InChI is InChI=1S/C6H5NO2S.C6H4O3S.H3N/c7-6(9)5(8)4-2-1-3-10-4;7-5(6(8)9)4-2-1-3-10-4;/h1-3H,(H2,7,9);1-3H,(H,8,9);1H3. The van der Waals surface area contributed by atoms with Crippen LogP contribution in [0.5, 0.6) is 0 Å². The summed E-state index contributed by atoms with van der Waals surface area (Å²) in [7, 11) is 0. The number of aliphatic carboxylic acids is 1. The van der Waals surface area contributed by atoms with E-state index in [0.717, 1.165) is 11.3 Å². The van der Waals surface area contributed by atoms with Crippen molar-refractivity contribution in [2.75, 3.05) is 0 Å². The molecule has 0 aliphatic heterocycles. The van der Waals surface area contributed by atoms with Gasteiger partial charge in [0.1, 0.15) is 0 Å². The van der Waals surface area contributed by atoms with Gasteiger partial charge in [-0.25, -0.2) is 4.79 Å². The van der Waals surface area contributed by atoms with Crippen molar-refractivity contribution in [2.24, 2.45) is 5.73 Å². The molecule has 0 atom stereocenters. The quantitative estimate of drug-likeness (QED) is 0.573. The number of hydrogen-bond acceptors (Lipinski definition) is 7. The van der Waals surface area contributed by atoms with E-state index in [1.165, 1.54) is 17.4 Å². The van der Waals surface area contributed by atoms with Crippen molar-refractivity contribution in [1.82, 2.24) is 6.15 Å². The van der Waals surface area contributed by atoms with Crippen molar-refractivity contribution in [3.05, 3.63) is 44.8 Å². The molecule has 0 fully saturated rings. The third-order valence-electron chi connectivity index (χ3n) is 1.91. The molecule has 0 aromatic carbocycles. The largest absolute Gasteiger partial charge is 0.475 e. The molecule has 0 bridgehead atoms. The summed E-state index contributed by atoms with van der Waals surface area (Å²) in [4.78, 5) is 42.4. The monoisotopic (exact) mass is 328 g/mol. The number of thiophene rings is 2. The Kier molecular flexibility index (Phi) is 7.76.